The van der Waals surface area contributed by atoms with E-state index in [0.717, 1.165) is 28.0 Å². The number of carbonyl (C=O) groups excluding carboxylic acids is 1. The number of rotatable bonds is 5. The van der Waals surface area contributed by atoms with Gasteiger partial charge in [-0.05, 0) is 49.9 Å². The van der Waals surface area contributed by atoms with E-state index in [0.29, 0.717) is 12.2 Å². The van der Waals surface area contributed by atoms with Crippen molar-refractivity contribution in [3.8, 4) is 5.40 Å². The standard InChI is InChI=1S/C15H16N4O2S/c1-10-11(2)19(15(21)17-10)8-7-14(20)18-12-3-5-13(6-4-12)22-9-16/h3-6H,7-8H2,1-2H3,(H,17,21)(H,18,20). The lowest BCUT2D eigenvalue weighted by Gasteiger charge is -2.07. The molecule has 1 heterocycles. The lowest BCUT2D eigenvalue weighted by atomic mass is 10.3. The van der Waals surface area contributed by atoms with E-state index in [9.17, 15) is 9.59 Å². The topological polar surface area (TPSA) is 90.7 Å². The average Bonchev–Trinajstić information content (AvgIpc) is 2.72. The fraction of sp³-hybridized carbons (Fsp3) is 0.267. The van der Waals surface area contributed by atoms with Crippen LogP contribution in [0.5, 0.6) is 0 Å². The molecule has 22 heavy (non-hydrogen) atoms. The number of imidazole rings is 1. The van der Waals surface area contributed by atoms with Crippen LogP contribution >= 0.6 is 11.8 Å². The first-order chi connectivity index (χ1) is 10.5. The third-order valence-electron chi connectivity index (χ3n) is 3.35. The van der Waals surface area contributed by atoms with Gasteiger partial charge in [0.25, 0.3) is 0 Å². The van der Waals surface area contributed by atoms with Gasteiger partial charge in [-0.15, -0.1) is 0 Å². The quantitative estimate of drug-likeness (QED) is 0.654. The molecular weight excluding hydrogens is 300 g/mol. The van der Waals surface area contributed by atoms with Crippen LogP contribution in [0.4, 0.5) is 5.69 Å². The Bertz CT molecular complexity index is 768. The molecule has 6 nitrogen and oxygen atoms in total. The molecule has 0 saturated heterocycles. The number of hydrogen-bond donors (Lipinski definition) is 2. The van der Waals surface area contributed by atoms with Gasteiger partial charge in [0.05, 0.1) is 0 Å². The summed E-state index contributed by atoms with van der Waals surface area (Å²) in [4.78, 5) is 27.1. The highest BCUT2D eigenvalue weighted by Crippen LogP contribution is 2.19. The Labute approximate surface area is 132 Å². The SMILES string of the molecule is Cc1[nH]c(=O)n(CCC(=O)Nc2ccc(SC#N)cc2)c1C. The summed E-state index contributed by atoms with van der Waals surface area (Å²) in [6, 6.07) is 7.03. The largest absolute Gasteiger partial charge is 0.326 e. The fourth-order valence-corrected chi connectivity index (χ4v) is 2.42. The molecule has 0 spiro atoms. The molecule has 0 unspecified atom stereocenters. The van der Waals surface area contributed by atoms with Gasteiger partial charge in [-0.2, -0.15) is 5.26 Å². The van der Waals surface area contributed by atoms with E-state index < -0.39 is 0 Å². The lowest BCUT2D eigenvalue weighted by molar-refractivity contribution is -0.116. The number of amides is 1. The van der Waals surface area contributed by atoms with Crippen molar-refractivity contribution in [3.63, 3.8) is 0 Å². The molecule has 1 aromatic carbocycles. The zero-order chi connectivity index (χ0) is 16.1. The molecule has 0 aliphatic heterocycles. The van der Waals surface area contributed by atoms with E-state index in [1.54, 1.807) is 28.8 Å². The Hall–Kier alpha value is -2.46. The molecule has 0 radical (unpaired) electrons. The maximum Gasteiger partial charge on any atom is 0.325 e. The number of aromatic nitrogens is 2. The summed E-state index contributed by atoms with van der Waals surface area (Å²) in [6.45, 7) is 4.01. The second-order valence-corrected chi connectivity index (χ2v) is 5.67. The normalized spacial score (nSPS) is 10.2. The molecule has 2 aromatic rings. The molecule has 0 fully saturated rings. The van der Waals surface area contributed by atoms with Crippen molar-refractivity contribution in [1.82, 2.24) is 9.55 Å². The smallest absolute Gasteiger partial charge is 0.325 e. The number of nitrogens with one attached hydrogen (secondary N) is 2. The Morgan fingerprint density at radius 2 is 2.05 bits per heavy atom. The summed E-state index contributed by atoms with van der Waals surface area (Å²) in [5.74, 6) is -0.161. The molecule has 1 aromatic heterocycles. The predicted molar refractivity (Wildman–Crippen MR) is 85.7 cm³/mol. The summed E-state index contributed by atoms with van der Waals surface area (Å²) in [5, 5.41) is 13.3. The second-order valence-electron chi connectivity index (χ2n) is 4.81. The number of hydrogen-bond acceptors (Lipinski definition) is 4. The number of nitriles is 1. The highest BCUT2D eigenvalue weighted by Gasteiger charge is 2.09. The maximum absolute atomic E-state index is 11.9. The van der Waals surface area contributed by atoms with Crippen LogP contribution < -0.4 is 11.0 Å². The number of nitrogens with zero attached hydrogens (tertiary/aromatic N) is 2. The number of thiocyanates is 1. The minimum atomic E-state index is -0.194. The minimum absolute atomic E-state index is 0.161. The van der Waals surface area contributed by atoms with E-state index in [1.807, 2.05) is 19.2 Å². The van der Waals surface area contributed by atoms with Crippen LogP contribution in [0, 0.1) is 24.5 Å². The Balaban J connectivity index is 1.93. The minimum Gasteiger partial charge on any atom is -0.326 e. The Morgan fingerprint density at radius 1 is 1.36 bits per heavy atom. The van der Waals surface area contributed by atoms with Crippen molar-refractivity contribution >= 4 is 23.4 Å². The van der Waals surface area contributed by atoms with Crippen molar-refractivity contribution in [2.75, 3.05) is 5.32 Å². The van der Waals surface area contributed by atoms with Crippen molar-refractivity contribution in [2.45, 2.75) is 31.7 Å². The van der Waals surface area contributed by atoms with Crippen LogP contribution in [-0.2, 0) is 11.3 Å². The summed E-state index contributed by atoms with van der Waals surface area (Å²) < 4.78 is 1.56. The summed E-state index contributed by atoms with van der Waals surface area (Å²) in [7, 11) is 0. The van der Waals surface area contributed by atoms with Gasteiger partial charge in [-0.3, -0.25) is 9.36 Å². The molecular formula is C15H16N4O2S. The van der Waals surface area contributed by atoms with Crippen LogP contribution in [-0.4, -0.2) is 15.5 Å². The van der Waals surface area contributed by atoms with Crippen LogP contribution in [0.2, 0.25) is 0 Å². The zero-order valence-electron chi connectivity index (χ0n) is 12.3. The summed E-state index contributed by atoms with van der Waals surface area (Å²) in [5.41, 5.74) is 2.13. The molecule has 2 rings (SSSR count). The lowest BCUT2D eigenvalue weighted by Crippen LogP contribution is -2.22. The van der Waals surface area contributed by atoms with E-state index in [2.05, 4.69) is 10.3 Å². The molecule has 0 aliphatic rings. The fourth-order valence-electron chi connectivity index (χ4n) is 2.04. The van der Waals surface area contributed by atoms with Gasteiger partial charge in [0.15, 0.2) is 0 Å². The van der Waals surface area contributed by atoms with Gasteiger partial charge in [0.1, 0.15) is 5.40 Å². The third kappa shape index (κ3) is 3.80. The second kappa shape index (κ2) is 7.00. The van der Waals surface area contributed by atoms with Gasteiger partial charge in [0, 0.05) is 34.9 Å². The van der Waals surface area contributed by atoms with Crippen molar-refractivity contribution in [1.29, 1.82) is 5.26 Å². The number of thioether (sulfide) groups is 1. The van der Waals surface area contributed by atoms with Crippen molar-refractivity contribution in [3.05, 3.63) is 46.1 Å². The van der Waals surface area contributed by atoms with Gasteiger partial charge < -0.3 is 10.3 Å². The molecule has 0 aliphatic carbocycles. The third-order valence-corrected chi connectivity index (χ3v) is 3.95. The molecule has 1 amide bonds. The van der Waals surface area contributed by atoms with Gasteiger partial charge in [-0.25, -0.2) is 4.79 Å². The first-order valence-electron chi connectivity index (χ1n) is 6.73. The van der Waals surface area contributed by atoms with Gasteiger partial charge in [-0.1, -0.05) is 0 Å². The van der Waals surface area contributed by atoms with Crippen LogP contribution in [0.15, 0.2) is 34.0 Å². The molecule has 0 saturated carbocycles. The number of aromatic amines is 1. The summed E-state index contributed by atoms with van der Waals surface area (Å²) >= 11 is 1.07. The van der Waals surface area contributed by atoms with Crippen molar-refractivity contribution < 1.29 is 4.79 Å². The first-order valence-corrected chi connectivity index (χ1v) is 7.54. The number of aryl methyl sites for hydroxylation is 1. The average molecular weight is 316 g/mol. The van der Waals surface area contributed by atoms with Gasteiger partial charge in [0.2, 0.25) is 5.91 Å². The predicted octanol–water partition coefficient (Wildman–Crippen LogP) is 2.40. The first kappa shape index (κ1) is 15.9. The highest BCUT2D eigenvalue weighted by molar-refractivity contribution is 8.03. The number of benzene rings is 1. The number of H-pyrrole nitrogens is 1. The Kier molecular flexibility index (Phi) is 5.07. The van der Waals surface area contributed by atoms with E-state index in [4.69, 9.17) is 5.26 Å². The Morgan fingerprint density at radius 3 is 2.59 bits per heavy atom. The molecule has 0 atom stereocenters. The molecule has 114 valence electrons. The maximum atomic E-state index is 11.9. The molecule has 0 bridgehead atoms. The number of anilines is 1. The zero-order valence-corrected chi connectivity index (χ0v) is 13.2. The van der Waals surface area contributed by atoms with Gasteiger partial charge >= 0.3 is 5.69 Å². The monoisotopic (exact) mass is 316 g/mol. The van der Waals surface area contributed by atoms with E-state index in [1.165, 1.54) is 0 Å². The highest BCUT2D eigenvalue weighted by atomic mass is 32.2. The van der Waals surface area contributed by atoms with E-state index >= 15 is 0 Å². The van der Waals surface area contributed by atoms with Crippen molar-refractivity contribution in [2.24, 2.45) is 0 Å². The molecule has 2 N–H and O–H groups in total. The number of carbonyl (C=O) groups is 1. The molecule has 7 heteroatoms. The van der Waals surface area contributed by atoms with E-state index in [-0.39, 0.29) is 18.0 Å². The van der Waals surface area contributed by atoms with Crippen LogP contribution in [0.3, 0.4) is 0 Å². The van der Waals surface area contributed by atoms with Crippen LogP contribution in [0.1, 0.15) is 17.8 Å². The summed E-state index contributed by atoms with van der Waals surface area (Å²) in [6.07, 6.45) is 0.215. The van der Waals surface area contributed by atoms with Crippen LogP contribution in [0.25, 0.3) is 0 Å².